The van der Waals surface area contributed by atoms with Gasteiger partial charge in [0.05, 0.1) is 6.20 Å². The van der Waals surface area contributed by atoms with E-state index in [1.54, 1.807) is 6.20 Å². The Morgan fingerprint density at radius 1 is 1.00 bits per heavy atom. The minimum Gasteiger partial charge on any atom is -0.313 e. The van der Waals surface area contributed by atoms with E-state index in [0.717, 1.165) is 11.1 Å². The molecule has 0 fully saturated rings. The molecule has 1 aromatic heterocycles. The van der Waals surface area contributed by atoms with Gasteiger partial charge in [0, 0.05) is 5.56 Å². The van der Waals surface area contributed by atoms with Gasteiger partial charge in [0.15, 0.2) is 11.4 Å². The van der Waals surface area contributed by atoms with Crippen LogP contribution in [0.15, 0.2) is 82.2 Å². The molecule has 3 rings (SSSR count). The zero-order valence-corrected chi connectivity index (χ0v) is 14.6. The zero-order valence-electron chi connectivity index (χ0n) is 14.6. The van der Waals surface area contributed by atoms with Gasteiger partial charge in [-0.1, -0.05) is 60.7 Å². The number of benzene rings is 2. The van der Waals surface area contributed by atoms with Gasteiger partial charge in [-0.25, -0.2) is 5.43 Å². The van der Waals surface area contributed by atoms with Gasteiger partial charge in [0.1, 0.15) is 12.1 Å². The number of anilines is 1. The lowest BCUT2D eigenvalue weighted by atomic mass is 10.2. The zero-order chi connectivity index (χ0) is 19.6. The number of aromatic amines is 1. The van der Waals surface area contributed by atoms with Crippen molar-refractivity contribution in [3.8, 4) is 12.1 Å². The van der Waals surface area contributed by atoms with Crippen LogP contribution in [0.4, 0.5) is 5.95 Å². The summed E-state index contributed by atoms with van der Waals surface area (Å²) in [5, 5.41) is 30.3. The predicted molar refractivity (Wildman–Crippen MR) is 105 cm³/mol. The lowest BCUT2D eigenvalue weighted by molar-refractivity contribution is 1.16. The molecule has 28 heavy (non-hydrogen) atoms. The smallest absolute Gasteiger partial charge is 0.223 e. The van der Waals surface area contributed by atoms with Crippen LogP contribution in [0.2, 0.25) is 0 Å². The standard InChI is InChI=1S/C20H14N8/c21-13-17-18(14-22)25-20(24-17)28-27-19(16-9-5-2-6-10-16)26-23-12-11-15-7-3-1-4-8-15/h1-12H,(H2,24,25,28)/b12-11?,26-23?,27-19-. The Bertz CT molecular complexity index is 1070. The fourth-order valence-electron chi connectivity index (χ4n) is 2.20. The maximum absolute atomic E-state index is 8.98. The van der Waals surface area contributed by atoms with Crippen molar-refractivity contribution in [1.82, 2.24) is 9.97 Å². The fourth-order valence-corrected chi connectivity index (χ4v) is 2.20. The number of rotatable bonds is 5. The minimum absolute atomic E-state index is 0.00566. The molecular weight excluding hydrogens is 352 g/mol. The number of hydrogen-bond acceptors (Lipinski definition) is 6. The summed E-state index contributed by atoms with van der Waals surface area (Å²) in [6, 6.07) is 22.7. The van der Waals surface area contributed by atoms with E-state index in [9.17, 15) is 0 Å². The third kappa shape index (κ3) is 4.75. The largest absolute Gasteiger partial charge is 0.313 e. The van der Waals surface area contributed by atoms with Crippen LogP contribution < -0.4 is 5.43 Å². The van der Waals surface area contributed by atoms with Crippen LogP contribution in [0.1, 0.15) is 22.5 Å². The van der Waals surface area contributed by atoms with Crippen LogP contribution in [0.25, 0.3) is 6.08 Å². The van der Waals surface area contributed by atoms with Crippen LogP contribution in [0, 0.1) is 22.7 Å². The number of imidazole rings is 1. The Labute approximate surface area is 161 Å². The van der Waals surface area contributed by atoms with E-state index >= 15 is 0 Å². The van der Waals surface area contributed by atoms with Gasteiger partial charge in [-0.2, -0.15) is 25.7 Å². The number of azo groups is 1. The summed E-state index contributed by atoms with van der Waals surface area (Å²) in [5.74, 6) is 0.475. The van der Waals surface area contributed by atoms with Gasteiger partial charge < -0.3 is 4.98 Å². The first-order valence-electron chi connectivity index (χ1n) is 8.22. The summed E-state index contributed by atoms with van der Waals surface area (Å²) < 4.78 is 0. The SMILES string of the molecule is N#Cc1nc(N/N=C(\N=NC=Cc2ccccc2)c2ccccc2)[nH]c1C#N. The molecule has 8 heteroatoms. The van der Waals surface area contributed by atoms with Crippen molar-refractivity contribution in [2.24, 2.45) is 15.3 Å². The second-order valence-corrected chi connectivity index (χ2v) is 5.39. The first-order chi connectivity index (χ1) is 13.8. The maximum atomic E-state index is 8.98. The molecule has 0 aliphatic carbocycles. The molecular formula is C20H14N8. The minimum atomic E-state index is -0.00566. The van der Waals surface area contributed by atoms with Crippen molar-refractivity contribution >= 4 is 17.9 Å². The number of hydrogen-bond donors (Lipinski definition) is 2. The molecule has 8 nitrogen and oxygen atoms in total. The highest BCUT2D eigenvalue weighted by Gasteiger charge is 2.09. The summed E-state index contributed by atoms with van der Waals surface area (Å²) in [7, 11) is 0. The van der Waals surface area contributed by atoms with E-state index in [1.165, 1.54) is 0 Å². The van der Waals surface area contributed by atoms with Crippen LogP contribution in [0.3, 0.4) is 0 Å². The average molecular weight is 366 g/mol. The topological polar surface area (TPSA) is 125 Å². The Morgan fingerprint density at radius 3 is 2.36 bits per heavy atom. The van der Waals surface area contributed by atoms with Gasteiger partial charge in [-0.15, -0.1) is 5.11 Å². The Kier molecular flexibility index (Phi) is 6.01. The van der Waals surface area contributed by atoms with Crippen LogP contribution >= 0.6 is 0 Å². The molecule has 134 valence electrons. The third-order valence-electron chi connectivity index (χ3n) is 3.51. The molecule has 3 aromatic rings. The number of H-pyrrole nitrogens is 1. The quantitative estimate of drug-likeness (QED) is 0.306. The van der Waals surface area contributed by atoms with Gasteiger partial charge >= 0.3 is 0 Å². The highest BCUT2D eigenvalue weighted by molar-refractivity contribution is 5.99. The molecule has 0 atom stereocenters. The van der Waals surface area contributed by atoms with Crippen molar-refractivity contribution < 1.29 is 0 Å². The van der Waals surface area contributed by atoms with Crippen LogP contribution in [-0.4, -0.2) is 15.8 Å². The molecule has 2 N–H and O–H groups in total. The summed E-state index contributed by atoms with van der Waals surface area (Å²) in [6.45, 7) is 0. The number of nitriles is 2. The molecule has 0 aliphatic rings. The van der Waals surface area contributed by atoms with Crippen LogP contribution in [0.5, 0.6) is 0 Å². The van der Waals surface area contributed by atoms with Crippen molar-refractivity contribution in [3.63, 3.8) is 0 Å². The molecule has 0 radical (unpaired) electrons. The lowest BCUT2D eigenvalue weighted by Crippen LogP contribution is -2.01. The Balaban J connectivity index is 1.81. The number of nitrogens with zero attached hydrogens (tertiary/aromatic N) is 6. The van der Waals surface area contributed by atoms with Crippen LogP contribution in [-0.2, 0) is 0 Å². The second kappa shape index (κ2) is 9.22. The molecule has 0 aliphatic heterocycles. The summed E-state index contributed by atoms with van der Waals surface area (Å²) >= 11 is 0. The van der Waals surface area contributed by atoms with Gasteiger partial charge in [0.25, 0.3) is 0 Å². The number of aromatic nitrogens is 2. The number of nitrogens with one attached hydrogen (secondary N) is 2. The predicted octanol–water partition coefficient (Wildman–Crippen LogP) is 4.05. The molecule has 0 amide bonds. The van der Waals surface area contributed by atoms with Crippen molar-refractivity contribution in [3.05, 3.63) is 89.4 Å². The first kappa shape index (κ1) is 18.2. The molecule has 0 unspecified atom stereocenters. The molecule has 0 spiro atoms. The normalized spacial score (nSPS) is 11.4. The van der Waals surface area contributed by atoms with Crippen molar-refractivity contribution in [2.75, 3.05) is 5.43 Å². The van der Waals surface area contributed by atoms with E-state index in [-0.39, 0.29) is 17.3 Å². The average Bonchev–Trinajstić information content (AvgIpc) is 3.17. The van der Waals surface area contributed by atoms with Crippen molar-refractivity contribution in [2.45, 2.75) is 0 Å². The Hall–Kier alpha value is -4.56. The molecule has 0 saturated carbocycles. The first-order valence-corrected chi connectivity index (χ1v) is 8.22. The molecule has 1 heterocycles. The number of hydrazone groups is 1. The number of amidine groups is 1. The monoisotopic (exact) mass is 366 g/mol. The summed E-state index contributed by atoms with van der Waals surface area (Å²) in [4.78, 5) is 6.64. The molecule has 0 saturated heterocycles. The molecule has 0 bridgehead atoms. The second-order valence-electron chi connectivity index (χ2n) is 5.39. The fraction of sp³-hybridized carbons (Fsp3) is 0. The third-order valence-corrected chi connectivity index (χ3v) is 3.51. The van der Waals surface area contributed by atoms with Gasteiger partial charge in [-0.3, -0.25) is 0 Å². The van der Waals surface area contributed by atoms with Gasteiger partial charge in [0.2, 0.25) is 11.8 Å². The van der Waals surface area contributed by atoms with E-state index < -0.39 is 0 Å². The molecule has 2 aromatic carbocycles. The van der Waals surface area contributed by atoms with Crippen molar-refractivity contribution in [1.29, 1.82) is 10.5 Å². The summed E-state index contributed by atoms with van der Waals surface area (Å²) in [6.07, 6.45) is 3.40. The highest BCUT2D eigenvalue weighted by atomic mass is 15.4. The van der Waals surface area contributed by atoms with Gasteiger partial charge in [-0.05, 0) is 11.6 Å². The van der Waals surface area contributed by atoms with E-state index in [0.29, 0.717) is 5.84 Å². The Morgan fingerprint density at radius 2 is 1.71 bits per heavy atom. The highest BCUT2D eigenvalue weighted by Crippen LogP contribution is 2.10. The van der Waals surface area contributed by atoms with E-state index in [2.05, 4.69) is 30.7 Å². The van der Waals surface area contributed by atoms with E-state index in [1.807, 2.05) is 78.9 Å². The maximum Gasteiger partial charge on any atom is 0.223 e. The van der Waals surface area contributed by atoms with E-state index in [4.69, 9.17) is 10.5 Å². The lowest BCUT2D eigenvalue weighted by Gasteiger charge is -2.00. The summed E-state index contributed by atoms with van der Waals surface area (Å²) in [5.41, 5.74) is 4.47.